The van der Waals surface area contributed by atoms with Crippen LogP contribution in [-0.4, -0.2) is 29.6 Å². The maximum absolute atomic E-state index is 13.1. The molecule has 8 heteroatoms. The molecule has 2 aromatic carbocycles. The number of benzene rings is 2. The second-order valence-electron chi connectivity index (χ2n) is 8.09. The third kappa shape index (κ3) is 4.59. The maximum Gasteiger partial charge on any atom is 0.385 e. The fourth-order valence-corrected chi connectivity index (χ4v) is 6.08. The second-order valence-corrected chi connectivity index (χ2v) is 10.4. The van der Waals surface area contributed by atoms with Crippen molar-refractivity contribution in [3.05, 3.63) is 93.3 Å². The Morgan fingerprint density at radius 1 is 1.09 bits per heavy atom. The first kappa shape index (κ1) is 23.6. The first-order valence-electron chi connectivity index (χ1n) is 11.2. The van der Waals surface area contributed by atoms with E-state index in [1.165, 1.54) is 17.3 Å². The van der Waals surface area contributed by atoms with Crippen LogP contribution >= 0.6 is 34.7 Å². The van der Waals surface area contributed by atoms with Gasteiger partial charge < -0.3 is 4.90 Å². The highest BCUT2D eigenvalue weighted by molar-refractivity contribution is 8.18. The van der Waals surface area contributed by atoms with Gasteiger partial charge in [-0.15, -0.1) is 0 Å². The summed E-state index contributed by atoms with van der Waals surface area (Å²) in [6, 6.07) is 16.0. The van der Waals surface area contributed by atoms with Gasteiger partial charge in [0.2, 0.25) is 0 Å². The summed E-state index contributed by atoms with van der Waals surface area (Å²) < 4.78 is 2.04. The van der Waals surface area contributed by atoms with Gasteiger partial charge in [0.05, 0.1) is 12.0 Å². The average Bonchev–Trinajstić information content (AvgIpc) is 3.38. The number of rotatable bonds is 4. The number of carbonyl (C=O) groups excluding carboxylic acids is 1. The predicted octanol–water partition coefficient (Wildman–Crippen LogP) is 6.41. The Morgan fingerprint density at radius 3 is 2.63 bits per heavy atom. The molecule has 5 rings (SSSR count). The molecule has 1 amide bonds. The Balaban J connectivity index is 1.42. The van der Waals surface area contributed by atoms with Crippen LogP contribution in [0.25, 0.3) is 17.3 Å². The zero-order chi connectivity index (χ0) is 24.5. The molecule has 35 heavy (non-hydrogen) atoms. The van der Waals surface area contributed by atoms with E-state index in [9.17, 15) is 4.79 Å². The third-order valence-corrected chi connectivity index (χ3v) is 8.18. The average molecular weight is 520 g/mol. The number of aliphatic imine (C=N–C) groups is 1. The highest BCUT2D eigenvalue weighted by Gasteiger charge is 2.36. The zero-order valence-electron chi connectivity index (χ0n) is 19.6. The van der Waals surface area contributed by atoms with Crippen LogP contribution in [-0.2, 0) is 11.8 Å². The number of amides is 1. The van der Waals surface area contributed by atoms with E-state index in [0.29, 0.717) is 21.6 Å². The molecule has 1 saturated heterocycles. The van der Waals surface area contributed by atoms with Crippen LogP contribution in [0.5, 0.6) is 0 Å². The number of amidine groups is 1. The Hall–Kier alpha value is -3.13. The minimum absolute atomic E-state index is 0.0203. The van der Waals surface area contributed by atoms with Gasteiger partial charge in [0.1, 0.15) is 5.69 Å². The largest absolute Gasteiger partial charge is 0.385 e. The molecule has 3 heterocycles. The minimum Gasteiger partial charge on any atom is -0.344 e. The number of halogens is 1. The van der Waals surface area contributed by atoms with E-state index in [4.69, 9.17) is 16.6 Å². The van der Waals surface area contributed by atoms with Crippen molar-refractivity contribution < 1.29 is 9.36 Å². The zero-order valence-corrected chi connectivity index (χ0v) is 22.0. The Morgan fingerprint density at radius 2 is 1.86 bits per heavy atom. The quantitative estimate of drug-likeness (QED) is 0.295. The van der Waals surface area contributed by atoms with Crippen LogP contribution in [0.2, 0.25) is 5.02 Å². The van der Waals surface area contributed by atoms with E-state index in [-0.39, 0.29) is 5.91 Å². The smallest absolute Gasteiger partial charge is 0.344 e. The van der Waals surface area contributed by atoms with E-state index in [0.717, 1.165) is 27.8 Å². The number of hydrogen-bond acceptors (Lipinski definition) is 5. The van der Waals surface area contributed by atoms with Crippen LogP contribution in [0.3, 0.4) is 0 Å². The van der Waals surface area contributed by atoms with Crippen molar-refractivity contribution in [2.24, 2.45) is 12.0 Å². The number of fused-ring (bicyclic) bond motifs is 1. The molecule has 1 fully saturated rings. The molecule has 5 nitrogen and oxygen atoms in total. The standard InChI is InChI=1S/C27H24ClN4OS2/c1-4-32-25(33)24(16-15-21-14-11-18-7-5-6-8-22(18)30(21)2)35-27(32)29-26-31(3)23(17-34-26)19-9-12-20(28)13-10-19/h5-17H,4H2,1-3H3/q+1/b21-15+,24-16-. The number of para-hydroxylation sites is 1. The van der Waals surface area contributed by atoms with Crippen molar-refractivity contribution >= 4 is 62.7 Å². The number of likely N-dealkylation sites (N-methyl/N-ethyl adjacent to an activating group) is 2. The lowest BCUT2D eigenvalue weighted by Gasteiger charge is -2.26. The molecule has 0 aliphatic carbocycles. The number of thiazole rings is 1. The van der Waals surface area contributed by atoms with Crippen molar-refractivity contribution in [3.63, 3.8) is 0 Å². The topological polar surface area (TPSA) is 39.8 Å². The summed E-state index contributed by atoms with van der Waals surface area (Å²) in [7, 11) is 4.03. The van der Waals surface area contributed by atoms with Gasteiger partial charge in [0.25, 0.3) is 11.1 Å². The van der Waals surface area contributed by atoms with E-state index < -0.39 is 0 Å². The van der Waals surface area contributed by atoms with Crippen LogP contribution in [0.4, 0.5) is 10.8 Å². The molecular formula is C27H24ClN4OS2+. The fraction of sp³-hybridized carbons (Fsp3) is 0.148. The number of nitrogens with zero attached hydrogens (tertiary/aromatic N) is 4. The minimum atomic E-state index is -0.0203. The summed E-state index contributed by atoms with van der Waals surface area (Å²) in [5, 5.41) is 4.31. The van der Waals surface area contributed by atoms with Gasteiger partial charge in [-0.2, -0.15) is 0 Å². The number of hydrogen-bond donors (Lipinski definition) is 0. The van der Waals surface area contributed by atoms with Crippen LogP contribution in [0, 0.1) is 0 Å². The van der Waals surface area contributed by atoms with Gasteiger partial charge in [-0.1, -0.05) is 47.2 Å². The lowest BCUT2D eigenvalue weighted by molar-refractivity contribution is -0.642. The van der Waals surface area contributed by atoms with Gasteiger partial charge in [-0.25, -0.2) is 4.57 Å². The second kappa shape index (κ2) is 9.85. The molecule has 2 aliphatic rings. The van der Waals surface area contributed by atoms with Crippen molar-refractivity contribution in [1.82, 2.24) is 4.90 Å². The SMILES string of the molecule is CCN1C(=O)/C(=C/C=C2\C=Cc3ccccc3N2C)S/C1=N\c1scc(-c2ccc(Cl)cc2)[n+]1C. The van der Waals surface area contributed by atoms with Gasteiger partial charge in [-0.05, 0) is 77.8 Å². The van der Waals surface area contributed by atoms with E-state index in [2.05, 4.69) is 34.6 Å². The highest BCUT2D eigenvalue weighted by Crippen LogP contribution is 2.35. The molecule has 1 aromatic heterocycles. The van der Waals surface area contributed by atoms with E-state index in [1.54, 1.807) is 16.2 Å². The lowest BCUT2D eigenvalue weighted by atomic mass is 10.1. The Kier molecular flexibility index (Phi) is 6.65. The van der Waals surface area contributed by atoms with Gasteiger partial charge in [-0.3, -0.25) is 9.69 Å². The predicted molar refractivity (Wildman–Crippen MR) is 148 cm³/mol. The first-order chi connectivity index (χ1) is 17.0. The van der Waals surface area contributed by atoms with E-state index >= 15 is 0 Å². The summed E-state index contributed by atoms with van der Waals surface area (Å²) in [4.78, 5) is 22.5. The summed E-state index contributed by atoms with van der Waals surface area (Å²) in [6.45, 7) is 2.53. The number of thioether (sulfide) groups is 1. The van der Waals surface area contributed by atoms with Crippen molar-refractivity contribution in [3.8, 4) is 11.3 Å². The molecule has 3 aromatic rings. The monoisotopic (exact) mass is 519 g/mol. The van der Waals surface area contributed by atoms with Crippen molar-refractivity contribution in [2.45, 2.75) is 6.92 Å². The molecule has 0 spiro atoms. The van der Waals surface area contributed by atoms with Crippen LogP contribution in [0.15, 0.2) is 87.7 Å². The summed E-state index contributed by atoms with van der Waals surface area (Å²) in [5.74, 6) is -0.0203. The molecule has 0 unspecified atom stereocenters. The number of carbonyl (C=O) groups is 1. The lowest BCUT2D eigenvalue weighted by Crippen LogP contribution is -2.31. The molecule has 2 aliphatic heterocycles. The van der Waals surface area contributed by atoms with E-state index in [1.807, 2.05) is 74.1 Å². The van der Waals surface area contributed by atoms with Crippen molar-refractivity contribution in [2.75, 3.05) is 18.5 Å². The summed E-state index contributed by atoms with van der Waals surface area (Å²) in [6.07, 6.45) is 8.06. The summed E-state index contributed by atoms with van der Waals surface area (Å²) >= 11 is 9.00. The van der Waals surface area contributed by atoms with Crippen LogP contribution in [0.1, 0.15) is 12.5 Å². The van der Waals surface area contributed by atoms with Gasteiger partial charge in [0.15, 0.2) is 0 Å². The molecular weight excluding hydrogens is 496 g/mol. The fourth-order valence-electron chi connectivity index (χ4n) is 4.01. The summed E-state index contributed by atoms with van der Waals surface area (Å²) in [5.41, 5.74) is 5.47. The molecule has 176 valence electrons. The molecule has 0 saturated carbocycles. The Bertz CT molecular complexity index is 1420. The molecule has 0 bridgehead atoms. The molecule has 0 radical (unpaired) electrons. The maximum atomic E-state index is 13.1. The molecule has 0 atom stereocenters. The van der Waals surface area contributed by atoms with Gasteiger partial charge >= 0.3 is 5.13 Å². The van der Waals surface area contributed by atoms with Gasteiger partial charge in [0, 0.05) is 40.9 Å². The van der Waals surface area contributed by atoms with Crippen molar-refractivity contribution in [1.29, 1.82) is 0 Å². The first-order valence-corrected chi connectivity index (χ1v) is 13.3. The number of aromatic nitrogens is 1. The molecule has 0 N–H and O–H groups in total. The number of allylic oxidation sites excluding steroid dienone is 3. The van der Waals surface area contributed by atoms with Crippen LogP contribution < -0.4 is 9.47 Å². The third-order valence-electron chi connectivity index (χ3n) is 5.98. The normalized spacial score (nSPS) is 18.9. The number of anilines is 1. The Labute approximate surface area is 218 Å². The highest BCUT2D eigenvalue weighted by atomic mass is 35.5.